The summed E-state index contributed by atoms with van der Waals surface area (Å²) in [7, 11) is 0. The second-order valence-corrected chi connectivity index (χ2v) is 7.49. The maximum Gasteiger partial charge on any atom is 0.416 e. The van der Waals surface area contributed by atoms with Gasteiger partial charge in [-0.25, -0.2) is 0 Å². The van der Waals surface area contributed by atoms with Crippen molar-refractivity contribution >= 4 is 0 Å². The lowest BCUT2D eigenvalue weighted by Crippen LogP contribution is -2.44. The Kier molecular flexibility index (Phi) is 4.94. The Balaban J connectivity index is 1.52. The van der Waals surface area contributed by atoms with E-state index >= 15 is 0 Å². The Morgan fingerprint density at radius 3 is 2.50 bits per heavy atom. The minimum atomic E-state index is -4.26. The van der Waals surface area contributed by atoms with Gasteiger partial charge in [-0.05, 0) is 61.8 Å². The summed E-state index contributed by atoms with van der Waals surface area (Å²) in [6, 6.07) is 5.62. The third kappa shape index (κ3) is 3.77. The third-order valence-electron chi connectivity index (χ3n) is 5.58. The first-order chi connectivity index (χ1) is 11.3. The zero-order chi connectivity index (χ0) is 17.4. The zero-order valence-corrected chi connectivity index (χ0v) is 14.4. The summed E-state index contributed by atoms with van der Waals surface area (Å²) < 4.78 is 43.6. The zero-order valence-electron chi connectivity index (χ0n) is 14.4. The number of rotatable bonds is 5. The van der Waals surface area contributed by atoms with Crippen LogP contribution in [0.1, 0.15) is 50.2 Å². The molecule has 1 aromatic rings. The molecule has 24 heavy (non-hydrogen) atoms. The smallest absolute Gasteiger partial charge is 0.378 e. The van der Waals surface area contributed by atoms with Crippen LogP contribution >= 0.6 is 0 Å². The molecular weight excluding hydrogens is 315 g/mol. The predicted molar refractivity (Wildman–Crippen MR) is 88.0 cm³/mol. The summed E-state index contributed by atoms with van der Waals surface area (Å²) in [5, 5.41) is 0. The van der Waals surface area contributed by atoms with Crippen molar-refractivity contribution < 1.29 is 17.9 Å². The lowest BCUT2D eigenvalue weighted by atomic mass is 9.66. The maximum absolute atomic E-state index is 12.6. The molecule has 1 atom stereocenters. The molecule has 1 aliphatic heterocycles. The highest BCUT2D eigenvalue weighted by atomic mass is 19.4. The average molecular weight is 341 g/mol. The van der Waals surface area contributed by atoms with Crippen LogP contribution in [0.2, 0.25) is 0 Å². The molecule has 0 N–H and O–H groups in total. The molecule has 1 unspecified atom stereocenters. The number of hydrogen-bond acceptors (Lipinski definition) is 2. The standard InChI is InChI=1S/C19H26F3NO/c1-3-24-17-10-18(11-17)8-9-23(13-18)12-14(2)15-4-6-16(7-5-15)19(20,21)22/h4-7,14,17H,3,8-13H2,1-2H3. The van der Waals surface area contributed by atoms with Crippen LogP contribution in [0.15, 0.2) is 24.3 Å². The molecule has 2 nitrogen and oxygen atoms in total. The maximum atomic E-state index is 12.6. The van der Waals surface area contributed by atoms with Crippen molar-refractivity contribution in [2.45, 2.75) is 51.3 Å². The highest BCUT2D eigenvalue weighted by molar-refractivity contribution is 5.27. The van der Waals surface area contributed by atoms with E-state index in [1.807, 2.05) is 6.92 Å². The number of benzene rings is 1. The van der Waals surface area contributed by atoms with Gasteiger partial charge in [0.05, 0.1) is 11.7 Å². The second kappa shape index (κ2) is 6.68. The van der Waals surface area contributed by atoms with Gasteiger partial charge in [0.15, 0.2) is 0 Å². The minimum Gasteiger partial charge on any atom is -0.378 e. The van der Waals surface area contributed by atoms with Gasteiger partial charge in [-0.2, -0.15) is 13.2 Å². The molecule has 134 valence electrons. The summed E-state index contributed by atoms with van der Waals surface area (Å²) in [5.41, 5.74) is 0.833. The number of ether oxygens (including phenoxy) is 1. The molecular formula is C19H26F3NO. The summed E-state index contributed by atoms with van der Waals surface area (Å²) >= 11 is 0. The highest BCUT2D eigenvalue weighted by Crippen LogP contribution is 2.49. The predicted octanol–water partition coefficient (Wildman–Crippen LogP) is 4.70. The van der Waals surface area contributed by atoms with E-state index in [1.165, 1.54) is 18.6 Å². The minimum absolute atomic E-state index is 0.241. The molecule has 3 rings (SSSR count). The van der Waals surface area contributed by atoms with Gasteiger partial charge in [-0.15, -0.1) is 0 Å². The number of alkyl halides is 3. The van der Waals surface area contributed by atoms with Gasteiger partial charge >= 0.3 is 6.18 Å². The van der Waals surface area contributed by atoms with Gasteiger partial charge < -0.3 is 9.64 Å². The van der Waals surface area contributed by atoms with E-state index in [4.69, 9.17) is 4.74 Å². The van der Waals surface area contributed by atoms with Crippen LogP contribution in [0.5, 0.6) is 0 Å². The molecule has 1 spiro atoms. The van der Waals surface area contributed by atoms with Crippen molar-refractivity contribution in [3.63, 3.8) is 0 Å². The van der Waals surface area contributed by atoms with Crippen LogP contribution in [0.3, 0.4) is 0 Å². The molecule has 2 fully saturated rings. The van der Waals surface area contributed by atoms with Gasteiger partial charge in [-0.1, -0.05) is 19.1 Å². The summed E-state index contributed by atoms with van der Waals surface area (Å²) in [4.78, 5) is 2.46. The fourth-order valence-electron chi connectivity index (χ4n) is 4.27. The highest BCUT2D eigenvalue weighted by Gasteiger charge is 2.48. The fraction of sp³-hybridized carbons (Fsp3) is 0.684. The van der Waals surface area contributed by atoms with E-state index in [0.717, 1.165) is 44.6 Å². The Hall–Kier alpha value is -1.07. The number of nitrogens with zero attached hydrogens (tertiary/aromatic N) is 1. The van der Waals surface area contributed by atoms with Crippen LogP contribution < -0.4 is 0 Å². The quantitative estimate of drug-likeness (QED) is 0.770. The largest absolute Gasteiger partial charge is 0.416 e. The summed E-state index contributed by atoms with van der Waals surface area (Å²) in [6.07, 6.45) is -0.291. The first-order valence-electron chi connectivity index (χ1n) is 8.82. The molecule has 1 heterocycles. The van der Waals surface area contributed by atoms with E-state index < -0.39 is 11.7 Å². The average Bonchev–Trinajstić information content (AvgIpc) is 2.90. The van der Waals surface area contributed by atoms with Crippen molar-refractivity contribution in [2.24, 2.45) is 5.41 Å². The topological polar surface area (TPSA) is 12.5 Å². The monoisotopic (exact) mass is 341 g/mol. The van der Waals surface area contributed by atoms with Gasteiger partial charge in [0.1, 0.15) is 0 Å². The number of hydrogen-bond donors (Lipinski definition) is 0. The van der Waals surface area contributed by atoms with Crippen LogP contribution in [0.25, 0.3) is 0 Å². The molecule has 1 saturated carbocycles. The van der Waals surface area contributed by atoms with Crippen molar-refractivity contribution in [1.82, 2.24) is 4.90 Å². The Morgan fingerprint density at radius 1 is 1.25 bits per heavy atom. The third-order valence-corrected chi connectivity index (χ3v) is 5.58. The molecule has 0 bridgehead atoms. The lowest BCUT2D eigenvalue weighted by molar-refractivity contribution is -0.137. The van der Waals surface area contributed by atoms with Crippen LogP contribution in [0.4, 0.5) is 13.2 Å². The van der Waals surface area contributed by atoms with E-state index in [9.17, 15) is 13.2 Å². The molecule has 0 radical (unpaired) electrons. The van der Waals surface area contributed by atoms with Crippen molar-refractivity contribution in [3.8, 4) is 0 Å². The van der Waals surface area contributed by atoms with Gasteiger partial charge in [0, 0.05) is 19.7 Å². The van der Waals surface area contributed by atoms with Gasteiger partial charge in [0.25, 0.3) is 0 Å². The molecule has 0 amide bonds. The fourth-order valence-corrected chi connectivity index (χ4v) is 4.27. The Bertz CT molecular complexity index is 549. The van der Waals surface area contributed by atoms with Crippen LogP contribution in [-0.2, 0) is 10.9 Å². The Labute approximate surface area is 142 Å². The molecule has 1 saturated heterocycles. The van der Waals surface area contributed by atoms with Crippen molar-refractivity contribution in [2.75, 3.05) is 26.2 Å². The van der Waals surface area contributed by atoms with Gasteiger partial charge in [-0.3, -0.25) is 0 Å². The molecule has 0 aromatic heterocycles. The normalized spacial score (nSPS) is 29.0. The van der Waals surface area contributed by atoms with E-state index in [1.54, 1.807) is 12.1 Å². The van der Waals surface area contributed by atoms with Gasteiger partial charge in [0.2, 0.25) is 0 Å². The number of likely N-dealkylation sites (tertiary alicyclic amines) is 1. The lowest BCUT2D eigenvalue weighted by Gasteiger charge is -2.45. The van der Waals surface area contributed by atoms with E-state index in [2.05, 4.69) is 11.8 Å². The summed E-state index contributed by atoms with van der Waals surface area (Å²) in [6.45, 7) is 8.02. The molecule has 1 aromatic carbocycles. The van der Waals surface area contributed by atoms with Crippen LogP contribution in [-0.4, -0.2) is 37.2 Å². The summed E-state index contributed by atoms with van der Waals surface area (Å²) in [5.74, 6) is 0.241. The SMILES string of the molecule is CCOC1CC2(CCN(CC(C)c3ccc(C(F)(F)F)cc3)C2)C1. The van der Waals surface area contributed by atoms with E-state index in [-0.39, 0.29) is 5.92 Å². The first-order valence-corrected chi connectivity index (χ1v) is 8.82. The van der Waals surface area contributed by atoms with E-state index in [0.29, 0.717) is 11.5 Å². The van der Waals surface area contributed by atoms with Crippen molar-refractivity contribution in [1.29, 1.82) is 0 Å². The first kappa shape index (κ1) is 17.7. The molecule has 2 aliphatic rings. The van der Waals surface area contributed by atoms with Crippen molar-refractivity contribution in [3.05, 3.63) is 35.4 Å². The Morgan fingerprint density at radius 2 is 1.92 bits per heavy atom. The molecule has 5 heteroatoms. The second-order valence-electron chi connectivity index (χ2n) is 7.49. The number of halogens is 3. The molecule has 1 aliphatic carbocycles. The van der Waals surface area contributed by atoms with Crippen LogP contribution in [0, 0.1) is 5.41 Å².